The van der Waals surface area contributed by atoms with Crippen molar-refractivity contribution in [2.45, 2.75) is 45.8 Å². The molecule has 1 N–H and O–H groups in total. The topological polar surface area (TPSA) is 115 Å². The molecular formula is C21H21N7O3. The molecule has 1 unspecified atom stereocenters. The molecule has 0 aliphatic carbocycles. The normalized spacial score (nSPS) is 18.5. The van der Waals surface area contributed by atoms with Crippen molar-refractivity contribution >= 4 is 17.7 Å². The van der Waals surface area contributed by atoms with Gasteiger partial charge in [0.05, 0.1) is 24.1 Å². The van der Waals surface area contributed by atoms with Gasteiger partial charge in [0, 0.05) is 29.8 Å². The average molecular weight is 419 g/mol. The van der Waals surface area contributed by atoms with E-state index in [0.717, 1.165) is 28.3 Å². The van der Waals surface area contributed by atoms with E-state index in [-0.39, 0.29) is 24.8 Å². The summed E-state index contributed by atoms with van der Waals surface area (Å²) in [7, 11) is 0. The monoisotopic (exact) mass is 419 g/mol. The van der Waals surface area contributed by atoms with Gasteiger partial charge in [-0.1, -0.05) is 11.3 Å². The van der Waals surface area contributed by atoms with Crippen LogP contribution < -0.4 is 5.32 Å². The van der Waals surface area contributed by atoms with Crippen LogP contribution in [-0.2, 0) is 22.7 Å². The minimum atomic E-state index is -0.650. The molecule has 2 aliphatic rings. The summed E-state index contributed by atoms with van der Waals surface area (Å²) in [6, 6.07) is 6.78. The molecule has 1 aromatic carbocycles. The highest BCUT2D eigenvalue weighted by atomic mass is 16.2. The number of rotatable bonds is 4. The number of amides is 3. The molecule has 1 saturated heterocycles. The Labute approximate surface area is 177 Å². The Balaban J connectivity index is 1.42. The van der Waals surface area contributed by atoms with Crippen LogP contribution in [0.4, 0.5) is 0 Å². The predicted octanol–water partition coefficient (Wildman–Crippen LogP) is 0.890. The molecule has 10 nitrogen and oxygen atoms in total. The Bertz CT molecular complexity index is 1230. The Morgan fingerprint density at radius 1 is 1.19 bits per heavy atom. The fourth-order valence-corrected chi connectivity index (χ4v) is 4.26. The molecule has 1 atom stereocenters. The number of nitrogens with one attached hydrogen (secondary N) is 1. The number of hydrogen-bond acceptors (Lipinski definition) is 6. The molecule has 158 valence electrons. The van der Waals surface area contributed by atoms with Gasteiger partial charge < -0.3 is 4.90 Å². The molecule has 2 aliphatic heterocycles. The summed E-state index contributed by atoms with van der Waals surface area (Å²) in [6.45, 7) is 4.71. The lowest BCUT2D eigenvalue weighted by Gasteiger charge is -2.29. The number of carbonyl (C=O) groups excluding carboxylic acids is 3. The standard InChI is InChI=1S/C21H21N7O3/c1-12-8-13(2)27(24-12)9-14-10-28(25-23-14)17-5-3-4-15-16(17)11-26(21(15)31)18-6-7-19(29)22-20(18)30/h3-5,8,10,18H,6-7,9,11H2,1-2H3,(H,22,29,30). The van der Waals surface area contributed by atoms with Crippen molar-refractivity contribution in [1.29, 1.82) is 0 Å². The van der Waals surface area contributed by atoms with Gasteiger partial charge in [-0.2, -0.15) is 5.10 Å². The van der Waals surface area contributed by atoms with E-state index in [1.54, 1.807) is 16.8 Å². The molecule has 0 spiro atoms. The molecule has 2 aromatic heterocycles. The van der Waals surface area contributed by atoms with Crippen LogP contribution in [0.2, 0.25) is 0 Å². The first kappa shape index (κ1) is 19.2. The summed E-state index contributed by atoms with van der Waals surface area (Å²) < 4.78 is 3.52. The number of hydrogen-bond donors (Lipinski definition) is 1. The molecule has 10 heteroatoms. The Morgan fingerprint density at radius 3 is 2.77 bits per heavy atom. The van der Waals surface area contributed by atoms with E-state index in [9.17, 15) is 14.4 Å². The molecule has 5 rings (SSSR count). The van der Waals surface area contributed by atoms with Crippen LogP contribution in [0.1, 0.15) is 45.8 Å². The summed E-state index contributed by atoms with van der Waals surface area (Å²) in [5.74, 6) is -0.940. The maximum Gasteiger partial charge on any atom is 0.255 e. The van der Waals surface area contributed by atoms with Crippen LogP contribution in [0.5, 0.6) is 0 Å². The van der Waals surface area contributed by atoms with Gasteiger partial charge in [0.2, 0.25) is 11.8 Å². The van der Waals surface area contributed by atoms with Gasteiger partial charge in [0.1, 0.15) is 11.7 Å². The van der Waals surface area contributed by atoms with Crippen molar-refractivity contribution in [3.8, 4) is 5.69 Å². The molecule has 4 heterocycles. The van der Waals surface area contributed by atoms with Crippen molar-refractivity contribution in [3.63, 3.8) is 0 Å². The third-order valence-electron chi connectivity index (χ3n) is 5.76. The molecular weight excluding hydrogens is 398 g/mol. The number of nitrogens with zero attached hydrogens (tertiary/aromatic N) is 6. The van der Waals surface area contributed by atoms with E-state index in [4.69, 9.17) is 0 Å². The van der Waals surface area contributed by atoms with Crippen LogP contribution in [0.3, 0.4) is 0 Å². The minimum absolute atomic E-state index is 0.214. The number of carbonyl (C=O) groups is 3. The number of imide groups is 1. The summed E-state index contributed by atoms with van der Waals surface area (Å²) in [5.41, 5.74) is 4.80. The average Bonchev–Trinajstić information content (AvgIpc) is 3.41. The van der Waals surface area contributed by atoms with Crippen LogP contribution in [0, 0.1) is 13.8 Å². The smallest absolute Gasteiger partial charge is 0.255 e. The third-order valence-corrected chi connectivity index (χ3v) is 5.76. The fourth-order valence-electron chi connectivity index (χ4n) is 4.26. The first-order valence-electron chi connectivity index (χ1n) is 10.1. The Kier molecular flexibility index (Phi) is 4.42. The van der Waals surface area contributed by atoms with Gasteiger partial charge in [0.25, 0.3) is 5.91 Å². The van der Waals surface area contributed by atoms with E-state index in [1.807, 2.05) is 36.9 Å². The van der Waals surface area contributed by atoms with Crippen molar-refractivity contribution < 1.29 is 14.4 Å². The lowest BCUT2D eigenvalue weighted by molar-refractivity contribution is -0.136. The summed E-state index contributed by atoms with van der Waals surface area (Å²) in [4.78, 5) is 38.3. The molecule has 0 bridgehead atoms. The lowest BCUT2D eigenvalue weighted by atomic mass is 10.0. The van der Waals surface area contributed by atoms with Gasteiger partial charge in [-0.3, -0.25) is 24.4 Å². The third kappa shape index (κ3) is 3.29. The van der Waals surface area contributed by atoms with Gasteiger partial charge in [-0.15, -0.1) is 5.10 Å². The van der Waals surface area contributed by atoms with E-state index < -0.39 is 11.9 Å². The highest BCUT2D eigenvalue weighted by Gasteiger charge is 2.40. The van der Waals surface area contributed by atoms with Crippen molar-refractivity contribution in [2.75, 3.05) is 0 Å². The van der Waals surface area contributed by atoms with Crippen LogP contribution >= 0.6 is 0 Å². The number of benzene rings is 1. The quantitative estimate of drug-likeness (QED) is 0.628. The maximum atomic E-state index is 13.0. The van der Waals surface area contributed by atoms with Crippen molar-refractivity contribution in [2.24, 2.45) is 0 Å². The highest BCUT2D eigenvalue weighted by Crippen LogP contribution is 2.31. The number of piperidine rings is 1. The molecule has 3 aromatic rings. The SMILES string of the molecule is Cc1cc(C)n(Cc2cn(-c3cccc4c3CN(C3CCC(=O)NC3=O)C4=O)nn2)n1. The fraction of sp³-hybridized carbons (Fsp3) is 0.333. The number of fused-ring (bicyclic) bond motifs is 1. The lowest BCUT2D eigenvalue weighted by Crippen LogP contribution is -2.52. The van der Waals surface area contributed by atoms with Crippen molar-refractivity contribution in [3.05, 3.63) is 58.7 Å². The zero-order valence-corrected chi connectivity index (χ0v) is 17.2. The Morgan fingerprint density at radius 2 is 2.03 bits per heavy atom. The summed E-state index contributed by atoms with van der Waals surface area (Å²) in [5, 5.41) is 15.3. The zero-order valence-electron chi connectivity index (χ0n) is 17.2. The number of aryl methyl sites for hydroxylation is 2. The second kappa shape index (κ2) is 7.15. The Hall–Kier alpha value is -3.82. The van der Waals surface area contributed by atoms with Crippen molar-refractivity contribution in [1.82, 2.24) is 35.0 Å². The largest absolute Gasteiger partial charge is 0.322 e. The molecule has 0 saturated carbocycles. The summed E-state index contributed by atoms with van der Waals surface area (Å²) in [6.07, 6.45) is 2.38. The van der Waals surface area contributed by atoms with Gasteiger partial charge >= 0.3 is 0 Å². The highest BCUT2D eigenvalue weighted by molar-refractivity contribution is 6.05. The van der Waals surface area contributed by atoms with Gasteiger partial charge in [0.15, 0.2) is 0 Å². The van der Waals surface area contributed by atoms with E-state index >= 15 is 0 Å². The van der Waals surface area contributed by atoms with Gasteiger partial charge in [-0.25, -0.2) is 4.68 Å². The van der Waals surface area contributed by atoms with Gasteiger partial charge in [-0.05, 0) is 38.5 Å². The first-order chi connectivity index (χ1) is 14.9. The van der Waals surface area contributed by atoms with Crippen LogP contribution in [-0.4, -0.2) is 53.4 Å². The zero-order chi connectivity index (χ0) is 21.7. The van der Waals surface area contributed by atoms with E-state index in [0.29, 0.717) is 18.5 Å². The summed E-state index contributed by atoms with van der Waals surface area (Å²) >= 11 is 0. The molecule has 3 amide bonds. The predicted molar refractivity (Wildman–Crippen MR) is 108 cm³/mol. The first-order valence-corrected chi connectivity index (χ1v) is 10.1. The van der Waals surface area contributed by atoms with E-state index in [1.165, 1.54) is 4.90 Å². The molecule has 0 radical (unpaired) electrons. The second-order valence-corrected chi connectivity index (χ2v) is 7.94. The van der Waals surface area contributed by atoms with E-state index in [2.05, 4.69) is 20.7 Å². The second-order valence-electron chi connectivity index (χ2n) is 7.94. The molecule has 31 heavy (non-hydrogen) atoms. The van der Waals surface area contributed by atoms with Crippen LogP contribution in [0.25, 0.3) is 5.69 Å². The molecule has 1 fully saturated rings. The minimum Gasteiger partial charge on any atom is -0.322 e. The maximum absolute atomic E-state index is 13.0. The van der Waals surface area contributed by atoms with Crippen LogP contribution in [0.15, 0.2) is 30.5 Å². The number of aromatic nitrogens is 5.